The van der Waals surface area contributed by atoms with Crippen LogP contribution in [0.25, 0.3) is 0 Å². The van der Waals surface area contributed by atoms with E-state index in [0.29, 0.717) is 22.7 Å². The first kappa shape index (κ1) is 26.4. The molecule has 1 aliphatic heterocycles. The van der Waals surface area contributed by atoms with E-state index in [-0.39, 0.29) is 28.9 Å². The number of alkyl halides is 3. The molecule has 196 valence electrons. The molecule has 2 aromatic carbocycles. The van der Waals surface area contributed by atoms with Crippen LogP contribution in [0.2, 0.25) is 0 Å². The van der Waals surface area contributed by atoms with Gasteiger partial charge < -0.3 is 15.8 Å². The minimum Gasteiger partial charge on any atom is -0.457 e. The summed E-state index contributed by atoms with van der Waals surface area (Å²) in [5.74, 6) is 1.44. The predicted octanol–water partition coefficient (Wildman–Crippen LogP) is 5.96. The quantitative estimate of drug-likeness (QED) is 0.353. The zero-order valence-electron chi connectivity index (χ0n) is 21.1. The molecule has 37 heavy (non-hydrogen) atoms. The van der Waals surface area contributed by atoms with Crippen molar-refractivity contribution >= 4 is 17.3 Å². The number of hydrogen-bond acceptors (Lipinski definition) is 7. The van der Waals surface area contributed by atoms with Crippen molar-refractivity contribution < 1.29 is 17.9 Å². The van der Waals surface area contributed by atoms with Crippen molar-refractivity contribution in [3.8, 4) is 11.5 Å². The number of nitrogen functional groups attached to an aromatic ring is 1. The van der Waals surface area contributed by atoms with E-state index in [1.165, 1.54) is 18.5 Å². The normalized spacial score (nSPS) is 15.4. The average Bonchev–Trinajstić information content (AvgIpc) is 2.84. The number of nitrogens with zero attached hydrogens (tertiary/aromatic N) is 3. The lowest BCUT2D eigenvalue weighted by Crippen LogP contribution is -2.48. The predicted molar refractivity (Wildman–Crippen MR) is 138 cm³/mol. The van der Waals surface area contributed by atoms with Gasteiger partial charge in [0.05, 0.1) is 16.8 Å². The molecule has 1 aliphatic rings. The molecule has 2 heterocycles. The lowest BCUT2D eigenvalue weighted by atomic mass is 9.97. The average molecular weight is 513 g/mol. The van der Waals surface area contributed by atoms with Gasteiger partial charge in [0, 0.05) is 30.2 Å². The van der Waals surface area contributed by atoms with Crippen LogP contribution < -0.4 is 15.8 Å². The molecule has 10 heteroatoms. The number of halogens is 3. The second-order valence-corrected chi connectivity index (χ2v) is 10.1. The molecule has 4 rings (SSSR count). The van der Waals surface area contributed by atoms with Gasteiger partial charge in [0.15, 0.2) is 0 Å². The largest absolute Gasteiger partial charge is 0.457 e. The van der Waals surface area contributed by atoms with Crippen LogP contribution >= 0.6 is 0 Å². The highest BCUT2D eigenvalue weighted by Crippen LogP contribution is 2.32. The minimum absolute atomic E-state index is 0.125. The maximum Gasteiger partial charge on any atom is 0.416 e. The van der Waals surface area contributed by atoms with Gasteiger partial charge in [0.1, 0.15) is 29.5 Å². The Morgan fingerprint density at radius 3 is 2.08 bits per heavy atom. The second-order valence-electron chi connectivity index (χ2n) is 10.1. The van der Waals surface area contributed by atoms with E-state index in [4.69, 9.17) is 15.9 Å². The van der Waals surface area contributed by atoms with Crippen LogP contribution in [0.5, 0.6) is 11.5 Å². The lowest BCUT2D eigenvalue weighted by molar-refractivity contribution is -0.137. The smallest absolute Gasteiger partial charge is 0.416 e. The second kappa shape index (κ2) is 10.4. The number of ether oxygens (including phenoxy) is 1. The molecule has 3 aromatic rings. The monoisotopic (exact) mass is 512 g/mol. The van der Waals surface area contributed by atoms with Crippen molar-refractivity contribution in [2.45, 2.75) is 51.4 Å². The third-order valence-corrected chi connectivity index (χ3v) is 6.47. The first-order chi connectivity index (χ1) is 17.4. The molecular formula is C27H31F3N6O. The van der Waals surface area contributed by atoms with Crippen molar-refractivity contribution in [1.29, 1.82) is 5.41 Å². The van der Waals surface area contributed by atoms with Crippen LogP contribution in [0, 0.1) is 5.41 Å². The highest BCUT2D eigenvalue weighted by Gasteiger charge is 2.30. The van der Waals surface area contributed by atoms with Gasteiger partial charge in [-0.3, -0.25) is 10.3 Å². The fourth-order valence-electron chi connectivity index (χ4n) is 4.33. The van der Waals surface area contributed by atoms with Crippen molar-refractivity contribution in [1.82, 2.24) is 14.9 Å². The number of likely N-dealkylation sites (tertiary alicyclic amines) is 1. The first-order valence-corrected chi connectivity index (χ1v) is 12.1. The van der Waals surface area contributed by atoms with Gasteiger partial charge in [-0.1, -0.05) is 0 Å². The highest BCUT2D eigenvalue weighted by atomic mass is 19.4. The zero-order chi connectivity index (χ0) is 26.8. The van der Waals surface area contributed by atoms with Crippen LogP contribution in [0.1, 0.15) is 50.3 Å². The van der Waals surface area contributed by atoms with Gasteiger partial charge in [-0.2, -0.15) is 13.2 Å². The number of piperidine rings is 1. The molecule has 0 bridgehead atoms. The Labute approximate surface area is 214 Å². The molecule has 1 fully saturated rings. The fourth-order valence-corrected chi connectivity index (χ4v) is 4.33. The number of nitrogens with two attached hydrogens (primary N) is 1. The van der Waals surface area contributed by atoms with E-state index in [1.54, 1.807) is 24.3 Å². The summed E-state index contributed by atoms with van der Waals surface area (Å²) in [4.78, 5) is 10.9. The lowest BCUT2D eigenvalue weighted by Gasteiger charge is -2.41. The van der Waals surface area contributed by atoms with E-state index in [2.05, 4.69) is 41.0 Å². The molecule has 0 saturated carbocycles. The van der Waals surface area contributed by atoms with Crippen LogP contribution in [0.3, 0.4) is 0 Å². The molecule has 0 aliphatic carbocycles. The van der Waals surface area contributed by atoms with Gasteiger partial charge in [-0.15, -0.1) is 0 Å². The van der Waals surface area contributed by atoms with Crippen LogP contribution in [0.4, 0.5) is 24.8 Å². The number of anilines is 2. The Morgan fingerprint density at radius 1 is 0.973 bits per heavy atom. The van der Waals surface area contributed by atoms with Gasteiger partial charge >= 0.3 is 6.18 Å². The summed E-state index contributed by atoms with van der Waals surface area (Å²) in [5, 5.41) is 12.3. The summed E-state index contributed by atoms with van der Waals surface area (Å²) >= 11 is 0. The van der Waals surface area contributed by atoms with Gasteiger partial charge in [-0.05, 0) is 82.1 Å². The number of aromatic nitrogens is 2. The standard InChI is InChI=1S/C27H31F3N6O/c1-26(2,3)36-14-12-19(13-15-36)35-25-22(24(32)33-16-34-25)23(31)17-4-8-20(9-5-17)37-21-10-6-18(7-11-21)27(28,29)30/h4-11,16,19,31H,12-15H2,1-3H3,(H3,32,33,34,35). The molecule has 0 atom stereocenters. The third-order valence-electron chi connectivity index (χ3n) is 6.47. The fraction of sp³-hybridized carbons (Fsp3) is 0.370. The van der Waals surface area contributed by atoms with Crippen LogP contribution in [0.15, 0.2) is 54.9 Å². The van der Waals surface area contributed by atoms with Gasteiger partial charge in [0.2, 0.25) is 0 Å². The van der Waals surface area contributed by atoms with E-state index in [9.17, 15) is 13.2 Å². The van der Waals surface area contributed by atoms with E-state index >= 15 is 0 Å². The van der Waals surface area contributed by atoms with Crippen LogP contribution in [-0.2, 0) is 6.18 Å². The molecule has 1 saturated heterocycles. The molecule has 1 aromatic heterocycles. The molecule has 0 spiro atoms. The van der Waals surface area contributed by atoms with E-state index in [1.807, 2.05) is 0 Å². The SMILES string of the molecule is CC(C)(C)N1CCC(Nc2ncnc(N)c2C(=N)c2ccc(Oc3ccc(C(F)(F)F)cc3)cc2)CC1. The first-order valence-electron chi connectivity index (χ1n) is 12.1. The van der Waals surface area contributed by atoms with Crippen molar-refractivity contribution in [3.63, 3.8) is 0 Å². The van der Waals surface area contributed by atoms with Crippen LogP contribution in [-0.4, -0.2) is 45.2 Å². The molecule has 0 radical (unpaired) electrons. The summed E-state index contributed by atoms with van der Waals surface area (Å²) in [6.07, 6.45) is -1.12. The number of hydrogen-bond donors (Lipinski definition) is 3. The molecule has 7 nitrogen and oxygen atoms in total. The molecule has 0 amide bonds. The van der Waals surface area contributed by atoms with Crippen molar-refractivity contribution in [2.75, 3.05) is 24.1 Å². The maximum atomic E-state index is 12.8. The molecule has 4 N–H and O–H groups in total. The zero-order valence-corrected chi connectivity index (χ0v) is 21.1. The summed E-state index contributed by atoms with van der Waals surface area (Å²) in [5.41, 5.74) is 6.72. The summed E-state index contributed by atoms with van der Waals surface area (Å²) in [6.45, 7) is 8.57. The summed E-state index contributed by atoms with van der Waals surface area (Å²) < 4.78 is 44.0. The Bertz CT molecular complexity index is 1230. The van der Waals surface area contributed by atoms with Crippen molar-refractivity contribution in [3.05, 3.63) is 71.5 Å². The van der Waals surface area contributed by atoms with Gasteiger partial charge in [0.25, 0.3) is 0 Å². The summed E-state index contributed by atoms with van der Waals surface area (Å²) in [6, 6.07) is 11.4. The molecular weight excluding hydrogens is 481 g/mol. The minimum atomic E-state index is -4.40. The number of nitrogens with one attached hydrogen (secondary N) is 2. The topological polar surface area (TPSA) is 100 Å². The Morgan fingerprint density at radius 2 is 1.54 bits per heavy atom. The maximum absolute atomic E-state index is 12.8. The van der Waals surface area contributed by atoms with E-state index < -0.39 is 11.7 Å². The van der Waals surface area contributed by atoms with Gasteiger partial charge in [-0.25, -0.2) is 9.97 Å². The third kappa shape index (κ3) is 6.37. The van der Waals surface area contributed by atoms with E-state index in [0.717, 1.165) is 38.1 Å². The highest BCUT2D eigenvalue weighted by molar-refractivity contribution is 6.16. The Balaban J connectivity index is 1.45. The molecule has 0 unspecified atom stereocenters. The summed E-state index contributed by atoms with van der Waals surface area (Å²) in [7, 11) is 0. The Kier molecular flexibility index (Phi) is 7.40. The number of rotatable bonds is 6. The number of benzene rings is 2. The Hall–Kier alpha value is -3.66. The van der Waals surface area contributed by atoms with Crippen molar-refractivity contribution in [2.24, 2.45) is 0 Å².